The number of halogens is 1. The lowest BCUT2D eigenvalue weighted by Crippen LogP contribution is -2.08. The van der Waals surface area contributed by atoms with Crippen molar-refractivity contribution in [3.05, 3.63) is 45.2 Å². The molecule has 102 valence electrons. The van der Waals surface area contributed by atoms with Crippen molar-refractivity contribution in [2.45, 2.75) is 33.4 Å². The van der Waals surface area contributed by atoms with Crippen molar-refractivity contribution in [3.8, 4) is 5.75 Å². The SMILES string of the molecule is Cc1nc(COc2cc(F)ccc2[C@H](C)N)sc1C. The molecule has 0 saturated heterocycles. The number of aryl methyl sites for hydroxylation is 2. The van der Waals surface area contributed by atoms with Crippen molar-refractivity contribution >= 4 is 11.3 Å². The predicted octanol–water partition coefficient (Wildman–Crippen LogP) is 3.50. The third-order valence-electron chi connectivity index (χ3n) is 2.89. The van der Waals surface area contributed by atoms with Crippen molar-refractivity contribution in [2.75, 3.05) is 0 Å². The van der Waals surface area contributed by atoms with Gasteiger partial charge in [0.05, 0.1) is 5.69 Å². The van der Waals surface area contributed by atoms with Gasteiger partial charge in [0.2, 0.25) is 0 Å². The van der Waals surface area contributed by atoms with E-state index in [9.17, 15) is 4.39 Å². The van der Waals surface area contributed by atoms with E-state index in [-0.39, 0.29) is 11.9 Å². The highest BCUT2D eigenvalue weighted by Crippen LogP contribution is 2.26. The molecule has 0 saturated carbocycles. The fourth-order valence-electron chi connectivity index (χ4n) is 1.75. The van der Waals surface area contributed by atoms with Gasteiger partial charge in [-0.25, -0.2) is 9.37 Å². The average molecular weight is 280 g/mol. The summed E-state index contributed by atoms with van der Waals surface area (Å²) in [6.07, 6.45) is 0. The number of hydrogen-bond acceptors (Lipinski definition) is 4. The molecule has 1 aromatic heterocycles. The van der Waals surface area contributed by atoms with E-state index in [1.54, 1.807) is 17.4 Å². The Morgan fingerprint density at radius 1 is 1.42 bits per heavy atom. The Morgan fingerprint density at radius 2 is 2.16 bits per heavy atom. The number of rotatable bonds is 4. The molecule has 0 amide bonds. The van der Waals surface area contributed by atoms with E-state index in [2.05, 4.69) is 4.98 Å². The molecule has 2 aromatic rings. The Morgan fingerprint density at radius 3 is 2.74 bits per heavy atom. The molecule has 19 heavy (non-hydrogen) atoms. The van der Waals surface area contributed by atoms with Crippen LogP contribution in [0, 0.1) is 19.7 Å². The molecule has 3 nitrogen and oxygen atoms in total. The molecule has 0 aliphatic carbocycles. The van der Waals surface area contributed by atoms with Crippen molar-refractivity contribution in [3.63, 3.8) is 0 Å². The maximum Gasteiger partial charge on any atom is 0.140 e. The molecule has 0 aliphatic heterocycles. The first kappa shape index (κ1) is 14.0. The van der Waals surface area contributed by atoms with Gasteiger partial charge in [-0.2, -0.15) is 0 Å². The van der Waals surface area contributed by atoms with Gasteiger partial charge in [0.25, 0.3) is 0 Å². The van der Waals surface area contributed by atoms with Gasteiger partial charge in [-0.3, -0.25) is 0 Å². The lowest BCUT2D eigenvalue weighted by Gasteiger charge is -2.13. The monoisotopic (exact) mass is 280 g/mol. The Hall–Kier alpha value is -1.46. The van der Waals surface area contributed by atoms with Gasteiger partial charge in [-0.1, -0.05) is 6.07 Å². The summed E-state index contributed by atoms with van der Waals surface area (Å²) in [6.45, 7) is 6.16. The number of thiazole rings is 1. The summed E-state index contributed by atoms with van der Waals surface area (Å²) in [5.41, 5.74) is 7.65. The van der Waals surface area contributed by atoms with Crippen LogP contribution in [-0.2, 0) is 6.61 Å². The molecule has 0 aliphatic rings. The third kappa shape index (κ3) is 3.30. The van der Waals surface area contributed by atoms with E-state index in [1.165, 1.54) is 17.0 Å². The molecule has 0 radical (unpaired) electrons. The van der Waals surface area contributed by atoms with Gasteiger partial charge in [0.15, 0.2) is 0 Å². The summed E-state index contributed by atoms with van der Waals surface area (Å²) in [7, 11) is 0. The van der Waals surface area contributed by atoms with Crippen molar-refractivity contribution < 1.29 is 9.13 Å². The highest BCUT2D eigenvalue weighted by atomic mass is 32.1. The van der Waals surface area contributed by atoms with Crippen molar-refractivity contribution in [1.82, 2.24) is 4.98 Å². The van der Waals surface area contributed by atoms with Gasteiger partial charge in [0, 0.05) is 22.5 Å². The molecule has 5 heteroatoms. The highest BCUT2D eigenvalue weighted by Gasteiger charge is 2.11. The number of hydrogen-bond donors (Lipinski definition) is 1. The van der Waals surface area contributed by atoms with Gasteiger partial charge >= 0.3 is 0 Å². The smallest absolute Gasteiger partial charge is 0.140 e. The van der Waals surface area contributed by atoms with Crippen LogP contribution in [0.1, 0.15) is 34.1 Å². The standard InChI is InChI=1S/C14H17FN2OS/c1-8(16)12-5-4-11(15)6-13(12)18-7-14-17-9(2)10(3)19-14/h4-6,8H,7,16H2,1-3H3/t8-/m0/s1. The molecular weight excluding hydrogens is 263 g/mol. The van der Waals surface area contributed by atoms with Crippen LogP contribution < -0.4 is 10.5 Å². The number of nitrogens with zero attached hydrogens (tertiary/aromatic N) is 1. The Labute approximate surface area is 116 Å². The minimum absolute atomic E-state index is 0.199. The topological polar surface area (TPSA) is 48.1 Å². The lowest BCUT2D eigenvalue weighted by atomic mass is 10.1. The Balaban J connectivity index is 2.16. The number of nitrogens with two attached hydrogens (primary N) is 1. The molecule has 0 bridgehead atoms. The van der Waals surface area contributed by atoms with E-state index in [0.29, 0.717) is 12.4 Å². The van der Waals surface area contributed by atoms with Crippen LogP contribution in [0.25, 0.3) is 0 Å². The summed E-state index contributed by atoms with van der Waals surface area (Å²) in [5.74, 6) is 0.159. The molecule has 1 aromatic carbocycles. The van der Waals surface area contributed by atoms with Crippen LogP contribution >= 0.6 is 11.3 Å². The first-order valence-electron chi connectivity index (χ1n) is 6.08. The molecular formula is C14H17FN2OS. The second-order valence-corrected chi connectivity index (χ2v) is 5.80. The molecule has 0 unspecified atom stereocenters. The zero-order valence-electron chi connectivity index (χ0n) is 11.2. The quantitative estimate of drug-likeness (QED) is 0.932. The van der Waals surface area contributed by atoms with Gasteiger partial charge in [0.1, 0.15) is 23.2 Å². The summed E-state index contributed by atoms with van der Waals surface area (Å²) < 4.78 is 18.9. The minimum atomic E-state index is -0.328. The molecule has 1 heterocycles. The summed E-state index contributed by atoms with van der Waals surface area (Å²) in [6, 6.07) is 4.22. The van der Waals surface area contributed by atoms with Crippen molar-refractivity contribution in [1.29, 1.82) is 0 Å². The molecule has 0 fully saturated rings. The first-order valence-corrected chi connectivity index (χ1v) is 6.89. The van der Waals surface area contributed by atoms with E-state index in [0.717, 1.165) is 16.3 Å². The molecule has 0 spiro atoms. The molecule has 2 N–H and O–H groups in total. The summed E-state index contributed by atoms with van der Waals surface area (Å²) in [5, 5.41) is 0.884. The number of ether oxygens (including phenoxy) is 1. The second kappa shape index (κ2) is 5.67. The van der Waals surface area contributed by atoms with Crippen LogP contribution in [0.4, 0.5) is 4.39 Å². The van der Waals surface area contributed by atoms with Gasteiger partial charge < -0.3 is 10.5 Å². The largest absolute Gasteiger partial charge is 0.486 e. The number of aromatic nitrogens is 1. The Bertz CT molecular complexity index is 561. The lowest BCUT2D eigenvalue weighted by molar-refractivity contribution is 0.299. The van der Waals surface area contributed by atoms with Crippen LogP contribution in [0.15, 0.2) is 18.2 Å². The fourth-order valence-corrected chi connectivity index (χ4v) is 2.60. The van der Waals surface area contributed by atoms with Crippen molar-refractivity contribution in [2.24, 2.45) is 5.73 Å². The van der Waals surface area contributed by atoms with Crippen LogP contribution in [-0.4, -0.2) is 4.98 Å². The van der Waals surface area contributed by atoms with E-state index in [4.69, 9.17) is 10.5 Å². The molecule has 2 rings (SSSR count). The molecule has 1 atom stereocenters. The maximum absolute atomic E-state index is 13.3. The summed E-state index contributed by atoms with van der Waals surface area (Å²) in [4.78, 5) is 5.56. The minimum Gasteiger partial charge on any atom is -0.486 e. The normalized spacial score (nSPS) is 12.5. The number of benzene rings is 1. The van der Waals surface area contributed by atoms with Crippen LogP contribution in [0.2, 0.25) is 0 Å². The zero-order valence-corrected chi connectivity index (χ0v) is 12.1. The predicted molar refractivity (Wildman–Crippen MR) is 74.9 cm³/mol. The van der Waals surface area contributed by atoms with E-state index < -0.39 is 0 Å². The fraction of sp³-hybridized carbons (Fsp3) is 0.357. The second-order valence-electron chi connectivity index (χ2n) is 4.51. The van der Waals surface area contributed by atoms with Gasteiger partial charge in [-0.15, -0.1) is 11.3 Å². The van der Waals surface area contributed by atoms with Crippen LogP contribution in [0.3, 0.4) is 0 Å². The maximum atomic E-state index is 13.3. The van der Waals surface area contributed by atoms with E-state index in [1.807, 2.05) is 20.8 Å². The zero-order chi connectivity index (χ0) is 14.0. The highest BCUT2D eigenvalue weighted by molar-refractivity contribution is 7.11. The first-order chi connectivity index (χ1) is 8.97. The van der Waals surface area contributed by atoms with Crippen LogP contribution in [0.5, 0.6) is 5.75 Å². The Kier molecular flexibility index (Phi) is 4.17. The van der Waals surface area contributed by atoms with Gasteiger partial charge in [-0.05, 0) is 26.8 Å². The summed E-state index contributed by atoms with van der Waals surface area (Å²) >= 11 is 1.59. The third-order valence-corrected chi connectivity index (χ3v) is 3.94. The average Bonchev–Trinajstić information content (AvgIpc) is 2.66. The van der Waals surface area contributed by atoms with E-state index >= 15 is 0 Å².